The minimum Gasteiger partial charge on any atom is -0.313 e. The van der Waals surface area contributed by atoms with E-state index in [2.05, 4.69) is 48.9 Å². The third-order valence-corrected chi connectivity index (χ3v) is 3.68. The number of rotatable bonds is 7. The third kappa shape index (κ3) is 3.58. The fraction of sp³-hybridized carbons (Fsp3) is 0.800. The van der Waals surface area contributed by atoms with Crippen molar-refractivity contribution in [3.05, 3.63) is 17.5 Å². The minimum atomic E-state index is 0.306. The number of aromatic nitrogens is 2. The zero-order chi connectivity index (χ0) is 13.2. The fourth-order valence-electron chi connectivity index (χ4n) is 2.36. The summed E-state index contributed by atoms with van der Waals surface area (Å²) in [5.74, 6) is 0. The molecule has 1 heterocycles. The van der Waals surface area contributed by atoms with Crippen LogP contribution in [0.3, 0.4) is 0 Å². The van der Waals surface area contributed by atoms with E-state index >= 15 is 0 Å². The average molecular weight is 249 g/mol. The second kappa shape index (κ2) is 5.43. The molecule has 0 amide bonds. The molecule has 1 saturated carbocycles. The highest BCUT2D eigenvalue weighted by atomic mass is 15.3. The standard InChI is InChI=1S/C15H27N3/c1-5-12-9-14(18(6-2)17-12)10-15(3,4)11-16-13-7-8-13/h9,13,16H,5-8,10-11H2,1-4H3. The lowest BCUT2D eigenvalue weighted by Gasteiger charge is -2.25. The average Bonchev–Trinajstić information content (AvgIpc) is 3.08. The molecular formula is C15H27N3. The number of nitrogens with one attached hydrogen (secondary N) is 1. The van der Waals surface area contributed by atoms with Crippen LogP contribution in [0, 0.1) is 5.41 Å². The topological polar surface area (TPSA) is 29.9 Å². The van der Waals surface area contributed by atoms with Gasteiger partial charge in [0.25, 0.3) is 0 Å². The Kier molecular flexibility index (Phi) is 4.10. The first-order valence-electron chi connectivity index (χ1n) is 7.33. The molecule has 0 atom stereocenters. The summed E-state index contributed by atoms with van der Waals surface area (Å²) in [5.41, 5.74) is 2.91. The van der Waals surface area contributed by atoms with Gasteiger partial charge in [-0.3, -0.25) is 4.68 Å². The highest BCUT2D eigenvalue weighted by Crippen LogP contribution is 2.25. The van der Waals surface area contributed by atoms with Crippen LogP contribution in [0.25, 0.3) is 0 Å². The van der Waals surface area contributed by atoms with Gasteiger partial charge in [0.05, 0.1) is 5.69 Å². The number of hydrogen-bond acceptors (Lipinski definition) is 2. The highest BCUT2D eigenvalue weighted by molar-refractivity contribution is 5.12. The smallest absolute Gasteiger partial charge is 0.0624 e. The summed E-state index contributed by atoms with van der Waals surface area (Å²) >= 11 is 0. The largest absolute Gasteiger partial charge is 0.313 e. The second-order valence-corrected chi connectivity index (χ2v) is 6.29. The van der Waals surface area contributed by atoms with E-state index in [1.807, 2.05) is 0 Å². The minimum absolute atomic E-state index is 0.306. The van der Waals surface area contributed by atoms with E-state index in [-0.39, 0.29) is 0 Å². The molecule has 3 nitrogen and oxygen atoms in total. The molecule has 1 aliphatic carbocycles. The molecule has 1 N–H and O–H groups in total. The Morgan fingerprint density at radius 1 is 1.39 bits per heavy atom. The Morgan fingerprint density at radius 3 is 2.67 bits per heavy atom. The van der Waals surface area contributed by atoms with Gasteiger partial charge in [0, 0.05) is 24.8 Å². The van der Waals surface area contributed by atoms with Crippen LogP contribution in [0.5, 0.6) is 0 Å². The highest BCUT2D eigenvalue weighted by Gasteiger charge is 2.26. The van der Waals surface area contributed by atoms with Crippen molar-refractivity contribution in [2.45, 2.75) is 66.0 Å². The van der Waals surface area contributed by atoms with Crippen LogP contribution in [0.4, 0.5) is 0 Å². The van der Waals surface area contributed by atoms with Gasteiger partial charge in [-0.05, 0) is 44.1 Å². The first-order chi connectivity index (χ1) is 8.54. The van der Waals surface area contributed by atoms with Crippen molar-refractivity contribution in [2.75, 3.05) is 6.54 Å². The molecule has 0 spiro atoms. The maximum Gasteiger partial charge on any atom is 0.0624 e. The lowest BCUT2D eigenvalue weighted by Crippen LogP contribution is -2.33. The number of hydrogen-bond donors (Lipinski definition) is 1. The van der Waals surface area contributed by atoms with Crippen molar-refractivity contribution < 1.29 is 0 Å². The molecule has 0 aliphatic heterocycles. The zero-order valence-electron chi connectivity index (χ0n) is 12.3. The lowest BCUT2D eigenvalue weighted by molar-refractivity contribution is 0.327. The second-order valence-electron chi connectivity index (χ2n) is 6.29. The molecule has 1 aromatic rings. The molecule has 0 unspecified atom stereocenters. The normalized spacial score (nSPS) is 16.2. The van der Waals surface area contributed by atoms with E-state index in [9.17, 15) is 0 Å². The van der Waals surface area contributed by atoms with Gasteiger partial charge in [0.2, 0.25) is 0 Å². The van der Waals surface area contributed by atoms with Crippen LogP contribution in [0.1, 0.15) is 51.9 Å². The lowest BCUT2D eigenvalue weighted by atomic mass is 9.87. The van der Waals surface area contributed by atoms with Crippen molar-refractivity contribution in [2.24, 2.45) is 5.41 Å². The van der Waals surface area contributed by atoms with E-state index in [1.165, 1.54) is 24.2 Å². The van der Waals surface area contributed by atoms with Crippen LogP contribution in [0.2, 0.25) is 0 Å². The zero-order valence-corrected chi connectivity index (χ0v) is 12.3. The van der Waals surface area contributed by atoms with E-state index in [0.29, 0.717) is 5.41 Å². The molecule has 1 aromatic heterocycles. The summed E-state index contributed by atoms with van der Waals surface area (Å²) in [4.78, 5) is 0. The Morgan fingerprint density at radius 2 is 2.11 bits per heavy atom. The maximum atomic E-state index is 4.64. The number of aryl methyl sites for hydroxylation is 2. The molecule has 102 valence electrons. The summed E-state index contributed by atoms with van der Waals surface area (Å²) in [6.45, 7) is 11.1. The Hall–Kier alpha value is -0.830. The van der Waals surface area contributed by atoms with Crippen molar-refractivity contribution in [3.8, 4) is 0 Å². The Bertz CT molecular complexity index is 388. The molecule has 0 aromatic carbocycles. The van der Waals surface area contributed by atoms with Crippen molar-refractivity contribution >= 4 is 0 Å². The quantitative estimate of drug-likeness (QED) is 0.805. The molecule has 2 rings (SSSR count). The molecule has 0 bridgehead atoms. The van der Waals surface area contributed by atoms with Crippen LogP contribution in [-0.2, 0) is 19.4 Å². The summed E-state index contributed by atoms with van der Waals surface area (Å²) in [6.07, 6.45) is 4.86. The van der Waals surface area contributed by atoms with Gasteiger partial charge in [0.1, 0.15) is 0 Å². The summed E-state index contributed by atoms with van der Waals surface area (Å²) in [7, 11) is 0. The maximum absolute atomic E-state index is 4.64. The van der Waals surface area contributed by atoms with Crippen LogP contribution < -0.4 is 5.32 Å². The van der Waals surface area contributed by atoms with Gasteiger partial charge in [0.15, 0.2) is 0 Å². The van der Waals surface area contributed by atoms with Gasteiger partial charge in [-0.2, -0.15) is 5.10 Å². The molecule has 1 fully saturated rings. The van der Waals surface area contributed by atoms with Gasteiger partial charge in [-0.15, -0.1) is 0 Å². The summed E-state index contributed by atoms with van der Waals surface area (Å²) < 4.78 is 2.16. The number of nitrogens with zero attached hydrogens (tertiary/aromatic N) is 2. The monoisotopic (exact) mass is 249 g/mol. The van der Waals surface area contributed by atoms with Crippen LogP contribution in [-0.4, -0.2) is 22.4 Å². The molecule has 18 heavy (non-hydrogen) atoms. The molecule has 0 saturated heterocycles. The van der Waals surface area contributed by atoms with Crippen LogP contribution in [0.15, 0.2) is 6.07 Å². The molecule has 1 aliphatic rings. The van der Waals surface area contributed by atoms with Crippen molar-refractivity contribution in [1.29, 1.82) is 0 Å². The first-order valence-corrected chi connectivity index (χ1v) is 7.33. The van der Waals surface area contributed by atoms with Crippen molar-refractivity contribution in [3.63, 3.8) is 0 Å². The van der Waals surface area contributed by atoms with E-state index < -0.39 is 0 Å². The summed E-state index contributed by atoms with van der Waals surface area (Å²) in [5, 5.41) is 8.28. The summed E-state index contributed by atoms with van der Waals surface area (Å²) in [6, 6.07) is 3.08. The molecule has 0 radical (unpaired) electrons. The Balaban J connectivity index is 1.98. The van der Waals surface area contributed by atoms with E-state index in [4.69, 9.17) is 0 Å². The van der Waals surface area contributed by atoms with Crippen LogP contribution >= 0.6 is 0 Å². The molecule has 3 heteroatoms. The van der Waals surface area contributed by atoms with Gasteiger partial charge in [-0.1, -0.05) is 20.8 Å². The van der Waals surface area contributed by atoms with E-state index in [1.54, 1.807) is 0 Å². The van der Waals surface area contributed by atoms with Gasteiger partial charge < -0.3 is 5.32 Å². The predicted molar refractivity (Wildman–Crippen MR) is 75.8 cm³/mol. The predicted octanol–water partition coefficient (Wildman–Crippen LogP) is 2.79. The van der Waals surface area contributed by atoms with Crippen molar-refractivity contribution in [1.82, 2.24) is 15.1 Å². The molecular weight excluding hydrogens is 222 g/mol. The fourth-order valence-corrected chi connectivity index (χ4v) is 2.36. The van der Waals surface area contributed by atoms with Gasteiger partial charge in [-0.25, -0.2) is 0 Å². The van der Waals surface area contributed by atoms with Gasteiger partial charge >= 0.3 is 0 Å². The van der Waals surface area contributed by atoms with E-state index in [0.717, 1.165) is 32.0 Å². The first kappa shape index (κ1) is 13.6. The third-order valence-electron chi connectivity index (χ3n) is 3.68. The Labute approximate surface area is 111 Å². The SMILES string of the molecule is CCc1cc(CC(C)(C)CNC2CC2)n(CC)n1.